The number of aromatic nitrogens is 1. The fourth-order valence-corrected chi connectivity index (χ4v) is 1.16. The number of pyridine rings is 1. The molecule has 3 N–H and O–H groups in total. The first-order valence-electron chi connectivity index (χ1n) is 5.34. The van der Waals surface area contributed by atoms with Crippen molar-refractivity contribution in [2.75, 3.05) is 19.7 Å². The van der Waals surface area contributed by atoms with Crippen molar-refractivity contribution in [3.05, 3.63) is 23.9 Å². The summed E-state index contributed by atoms with van der Waals surface area (Å²) in [5.41, 5.74) is 5.33. The lowest BCUT2D eigenvalue weighted by molar-refractivity contribution is 0.0994. The maximum atomic E-state index is 10.9. The molecule has 0 saturated heterocycles. The van der Waals surface area contributed by atoms with Crippen molar-refractivity contribution >= 4 is 5.91 Å². The molecule has 1 amide bonds. The molecule has 0 aliphatic heterocycles. The van der Waals surface area contributed by atoms with Gasteiger partial charge in [0.1, 0.15) is 12.3 Å². The molecule has 0 bridgehead atoms. The van der Waals surface area contributed by atoms with Gasteiger partial charge in [-0.15, -0.1) is 0 Å². The highest BCUT2D eigenvalue weighted by Gasteiger charge is 2.03. The molecule has 1 aromatic rings. The van der Waals surface area contributed by atoms with Gasteiger partial charge in [0, 0.05) is 12.6 Å². The average Bonchev–Trinajstić information content (AvgIpc) is 2.29. The number of rotatable bonds is 7. The van der Waals surface area contributed by atoms with E-state index in [1.54, 1.807) is 18.2 Å². The summed E-state index contributed by atoms with van der Waals surface area (Å²) in [4.78, 5) is 14.8. The first-order chi connectivity index (χ1) is 7.74. The lowest BCUT2D eigenvalue weighted by Crippen LogP contribution is -2.22. The SMILES string of the molecule is CCCNCCOc1cccc(C(N)=O)n1. The summed E-state index contributed by atoms with van der Waals surface area (Å²) >= 11 is 0. The van der Waals surface area contributed by atoms with Crippen molar-refractivity contribution in [2.45, 2.75) is 13.3 Å². The van der Waals surface area contributed by atoms with E-state index in [1.165, 1.54) is 0 Å². The minimum Gasteiger partial charge on any atom is -0.476 e. The van der Waals surface area contributed by atoms with Gasteiger partial charge in [-0.2, -0.15) is 0 Å². The zero-order valence-corrected chi connectivity index (χ0v) is 9.40. The third-order valence-corrected chi connectivity index (χ3v) is 1.93. The number of hydrogen-bond acceptors (Lipinski definition) is 4. The van der Waals surface area contributed by atoms with E-state index in [4.69, 9.17) is 10.5 Å². The minimum absolute atomic E-state index is 0.221. The number of ether oxygens (including phenoxy) is 1. The van der Waals surface area contributed by atoms with Crippen LogP contribution in [0.2, 0.25) is 0 Å². The summed E-state index contributed by atoms with van der Waals surface area (Å²) in [6.07, 6.45) is 1.09. The van der Waals surface area contributed by atoms with Gasteiger partial charge in [-0.05, 0) is 19.0 Å². The highest BCUT2D eigenvalue weighted by Crippen LogP contribution is 2.06. The molecular formula is C11H17N3O2. The molecule has 0 aromatic carbocycles. The van der Waals surface area contributed by atoms with Crippen molar-refractivity contribution < 1.29 is 9.53 Å². The molecule has 1 heterocycles. The monoisotopic (exact) mass is 223 g/mol. The second kappa shape index (κ2) is 6.79. The number of nitrogens with zero attached hydrogens (tertiary/aromatic N) is 1. The third kappa shape index (κ3) is 4.27. The number of carbonyl (C=O) groups is 1. The highest BCUT2D eigenvalue weighted by atomic mass is 16.5. The van der Waals surface area contributed by atoms with E-state index in [9.17, 15) is 4.79 Å². The maximum Gasteiger partial charge on any atom is 0.267 e. The van der Waals surface area contributed by atoms with Crippen molar-refractivity contribution in [3.8, 4) is 5.88 Å². The van der Waals surface area contributed by atoms with Crippen LogP contribution in [-0.2, 0) is 0 Å². The van der Waals surface area contributed by atoms with E-state index >= 15 is 0 Å². The summed E-state index contributed by atoms with van der Waals surface area (Å²) in [6, 6.07) is 4.96. The summed E-state index contributed by atoms with van der Waals surface area (Å²) in [6.45, 7) is 4.36. The Bertz CT molecular complexity index is 342. The quantitative estimate of drug-likeness (QED) is 0.662. The van der Waals surface area contributed by atoms with E-state index in [-0.39, 0.29) is 5.69 Å². The first kappa shape index (κ1) is 12.4. The van der Waals surface area contributed by atoms with Crippen LogP contribution in [0.15, 0.2) is 18.2 Å². The molecule has 0 radical (unpaired) electrons. The molecule has 0 atom stereocenters. The number of nitrogens with two attached hydrogens (primary N) is 1. The third-order valence-electron chi connectivity index (χ3n) is 1.93. The van der Waals surface area contributed by atoms with Crippen LogP contribution < -0.4 is 15.8 Å². The largest absolute Gasteiger partial charge is 0.476 e. The van der Waals surface area contributed by atoms with Crippen LogP contribution >= 0.6 is 0 Å². The lowest BCUT2D eigenvalue weighted by atomic mass is 10.3. The number of nitrogens with one attached hydrogen (secondary N) is 1. The molecule has 0 spiro atoms. The Balaban J connectivity index is 2.36. The molecule has 1 rings (SSSR count). The molecule has 0 unspecified atom stereocenters. The summed E-state index contributed by atoms with van der Waals surface area (Å²) in [5, 5.41) is 3.20. The van der Waals surface area contributed by atoms with Gasteiger partial charge in [-0.3, -0.25) is 4.79 Å². The van der Waals surface area contributed by atoms with Crippen LogP contribution in [0.1, 0.15) is 23.8 Å². The Kier molecular flexibility index (Phi) is 5.28. The van der Waals surface area contributed by atoms with E-state index in [1.807, 2.05) is 0 Å². The van der Waals surface area contributed by atoms with Crippen LogP contribution in [0, 0.1) is 0 Å². The molecule has 0 aliphatic rings. The Labute approximate surface area is 95.0 Å². The topological polar surface area (TPSA) is 77.2 Å². The summed E-state index contributed by atoms with van der Waals surface area (Å²) < 4.78 is 5.36. The second-order valence-electron chi connectivity index (χ2n) is 3.32. The van der Waals surface area contributed by atoms with Crippen LogP contribution in [-0.4, -0.2) is 30.6 Å². The number of primary amides is 1. The van der Waals surface area contributed by atoms with Gasteiger partial charge in [0.05, 0.1) is 0 Å². The van der Waals surface area contributed by atoms with Crippen molar-refractivity contribution in [1.29, 1.82) is 0 Å². The van der Waals surface area contributed by atoms with Gasteiger partial charge < -0.3 is 15.8 Å². The Morgan fingerprint density at radius 1 is 1.50 bits per heavy atom. The predicted octanol–water partition coefficient (Wildman–Crippen LogP) is 0.559. The standard InChI is InChI=1S/C11H17N3O2/c1-2-6-13-7-8-16-10-5-3-4-9(14-10)11(12)15/h3-5,13H,2,6-8H2,1H3,(H2,12,15). The molecule has 0 saturated carbocycles. The number of carbonyl (C=O) groups excluding carboxylic acids is 1. The van der Waals surface area contributed by atoms with Crippen molar-refractivity contribution in [1.82, 2.24) is 10.3 Å². The summed E-state index contributed by atoms with van der Waals surface area (Å²) in [5.74, 6) is -0.121. The van der Waals surface area contributed by atoms with Crippen LogP contribution in [0.25, 0.3) is 0 Å². The van der Waals surface area contributed by atoms with Crippen LogP contribution in [0.5, 0.6) is 5.88 Å². The predicted molar refractivity (Wildman–Crippen MR) is 61.4 cm³/mol. The molecule has 0 aliphatic carbocycles. The van der Waals surface area contributed by atoms with Gasteiger partial charge in [0.2, 0.25) is 5.88 Å². The highest BCUT2D eigenvalue weighted by molar-refractivity contribution is 5.90. The number of amides is 1. The molecule has 16 heavy (non-hydrogen) atoms. The Morgan fingerprint density at radius 2 is 2.31 bits per heavy atom. The summed E-state index contributed by atoms with van der Waals surface area (Å²) in [7, 11) is 0. The minimum atomic E-state index is -0.547. The average molecular weight is 223 g/mol. The fraction of sp³-hybridized carbons (Fsp3) is 0.455. The van der Waals surface area contributed by atoms with Gasteiger partial charge >= 0.3 is 0 Å². The van der Waals surface area contributed by atoms with Crippen molar-refractivity contribution in [2.24, 2.45) is 5.73 Å². The Hall–Kier alpha value is -1.62. The van der Waals surface area contributed by atoms with Crippen LogP contribution in [0.4, 0.5) is 0 Å². The molecule has 88 valence electrons. The van der Waals surface area contributed by atoms with E-state index in [0.29, 0.717) is 12.5 Å². The van der Waals surface area contributed by atoms with E-state index in [0.717, 1.165) is 19.5 Å². The van der Waals surface area contributed by atoms with E-state index < -0.39 is 5.91 Å². The van der Waals surface area contributed by atoms with Crippen LogP contribution in [0.3, 0.4) is 0 Å². The van der Waals surface area contributed by atoms with Gasteiger partial charge in [-0.25, -0.2) is 4.98 Å². The zero-order chi connectivity index (χ0) is 11.8. The van der Waals surface area contributed by atoms with Gasteiger partial charge in [0.15, 0.2) is 0 Å². The second-order valence-corrected chi connectivity index (χ2v) is 3.32. The maximum absolute atomic E-state index is 10.9. The van der Waals surface area contributed by atoms with Gasteiger partial charge in [-0.1, -0.05) is 13.0 Å². The first-order valence-corrected chi connectivity index (χ1v) is 5.34. The van der Waals surface area contributed by atoms with Gasteiger partial charge in [0.25, 0.3) is 5.91 Å². The normalized spacial score (nSPS) is 10.1. The Morgan fingerprint density at radius 3 is 3.00 bits per heavy atom. The molecule has 5 heteroatoms. The zero-order valence-electron chi connectivity index (χ0n) is 9.40. The number of hydrogen-bond donors (Lipinski definition) is 2. The van der Waals surface area contributed by atoms with E-state index in [2.05, 4.69) is 17.2 Å². The lowest BCUT2D eigenvalue weighted by Gasteiger charge is -2.06. The molecule has 5 nitrogen and oxygen atoms in total. The van der Waals surface area contributed by atoms with Crippen molar-refractivity contribution in [3.63, 3.8) is 0 Å². The molecular weight excluding hydrogens is 206 g/mol. The molecule has 0 fully saturated rings. The fourth-order valence-electron chi connectivity index (χ4n) is 1.16. The smallest absolute Gasteiger partial charge is 0.267 e. The molecule has 1 aromatic heterocycles.